The summed E-state index contributed by atoms with van der Waals surface area (Å²) in [7, 11) is 0. The number of nitrogens with two attached hydrogens (primary N) is 1. The van der Waals surface area contributed by atoms with Crippen molar-refractivity contribution in [1.82, 2.24) is 19.5 Å². The Balaban J connectivity index is 2.16. The highest BCUT2D eigenvalue weighted by atomic mass is 16.5. The van der Waals surface area contributed by atoms with Crippen LogP contribution in [-0.4, -0.2) is 48.5 Å². The Bertz CT molecular complexity index is 650. The molecule has 9 nitrogen and oxygen atoms in total. The molecule has 0 radical (unpaired) electrons. The molecule has 0 spiro atoms. The Morgan fingerprint density at radius 2 is 2.33 bits per heavy atom. The van der Waals surface area contributed by atoms with E-state index in [2.05, 4.69) is 15.0 Å². The van der Waals surface area contributed by atoms with Gasteiger partial charge in [-0.2, -0.15) is 4.98 Å². The minimum atomic E-state index is -1.11. The van der Waals surface area contributed by atoms with Gasteiger partial charge in [-0.1, -0.05) is 0 Å². The van der Waals surface area contributed by atoms with Crippen molar-refractivity contribution >= 4 is 17.1 Å². The number of H-pyrrole nitrogens is 1. The second kappa shape index (κ2) is 3.77. The van der Waals surface area contributed by atoms with Crippen LogP contribution in [0.2, 0.25) is 0 Å². The molecule has 1 fully saturated rings. The van der Waals surface area contributed by atoms with Crippen LogP contribution in [0.1, 0.15) is 6.23 Å². The maximum Gasteiger partial charge on any atom is 0.280 e. The number of imidazole rings is 1. The molecule has 0 bridgehead atoms. The summed E-state index contributed by atoms with van der Waals surface area (Å²) in [4.78, 5) is 21.7. The van der Waals surface area contributed by atoms with Crippen LogP contribution in [0.5, 0.6) is 0 Å². The lowest BCUT2D eigenvalue weighted by atomic mass is 10.2. The van der Waals surface area contributed by atoms with Gasteiger partial charge in [0.15, 0.2) is 17.4 Å². The van der Waals surface area contributed by atoms with E-state index in [0.29, 0.717) is 0 Å². The van der Waals surface area contributed by atoms with Crippen molar-refractivity contribution in [1.29, 1.82) is 0 Å². The molecule has 1 aliphatic heterocycles. The predicted molar refractivity (Wildman–Crippen MR) is 59.6 cm³/mol. The summed E-state index contributed by atoms with van der Waals surface area (Å²) >= 11 is 0. The number of aromatic nitrogens is 4. The number of hydrogen-bond acceptors (Lipinski definition) is 7. The van der Waals surface area contributed by atoms with Crippen LogP contribution in [0, 0.1) is 0 Å². The molecule has 0 saturated carbocycles. The normalized spacial score (nSPS) is 28.0. The van der Waals surface area contributed by atoms with Gasteiger partial charge in [0, 0.05) is 0 Å². The molecule has 3 atom stereocenters. The van der Waals surface area contributed by atoms with E-state index < -0.39 is 24.0 Å². The number of aromatic amines is 1. The Labute approximate surface area is 99.8 Å². The lowest BCUT2D eigenvalue weighted by Gasteiger charge is -2.16. The Kier molecular flexibility index (Phi) is 2.33. The smallest absolute Gasteiger partial charge is 0.280 e. The second-order valence-electron chi connectivity index (χ2n) is 4.06. The fraction of sp³-hybridized carbons (Fsp3) is 0.444. The van der Waals surface area contributed by atoms with Crippen molar-refractivity contribution in [3.8, 4) is 0 Å². The van der Waals surface area contributed by atoms with Gasteiger partial charge in [0.1, 0.15) is 12.2 Å². The Morgan fingerprint density at radius 3 is 3.00 bits per heavy atom. The number of aliphatic hydroxyl groups is 2. The van der Waals surface area contributed by atoms with Crippen LogP contribution in [0.3, 0.4) is 0 Å². The molecule has 1 saturated heterocycles. The molecule has 3 unspecified atom stereocenters. The van der Waals surface area contributed by atoms with Crippen LogP contribution in [0.4, 0.5) is 5.95 Å². The first-order valence-corrected chi connectivity index (χ1v) is 5.28. The van der Waals surface area contributed by atoms with Crippen LogP contribution in [0.25, 0.3) is 11.2 Å². The predicted octanol–water partition coefficient (Wildman–Crippen LogP) is -2.05. The highest BCUT2D eigenvalue weighted by Crippen LogP contribution is 2.26. The number of fused-ring (bicyclic) bond motifs is 1. The Hall–Kier alpha value is -1.97. The summed E-state index contributed by atoms with van der Waals surface area (Å²) in [6, 6.07) is 0. The summed E-state index contributed by atoms with van der Waals surface area (Å²) < 4.78 is 6.62. The molecule has 3 heterocycles. The van der Waals surface area contributed by atoms with Crippen molar-refractivity contribution in [3.05, 3.63) is 16.7 Å². The number of aliphatic hydroxyl groups excluding tert-OH is 2. The second-order valence-corrected chi connectivity index (χ2v) is 4.06. The number of nitrogen functional groups attached to an aromatic ring is 1. The van der Waals surface area contributed by atoms with E-state index in [-0.39, 0.29) is 23.7 Å². The molecule has 3 rings (SSSR count). The van der Waals surface area contributed by atoms with E-state index >= 15 is 0 Å². The van der Waals surface area contributed by atoms with Crippen LogP contribution in [-0.2, 0) is 4.74 Å². The molecule has 9 heteroatoms. The molecule has 18 heavy (non-hydrogen) atoms. The van der Waals surface area contributed by atoms with E-state index in [1.54, 1.807) is 0 Å². The monoisotopic (exact) mass is 253 g/mol. The van der Waals surface area contributed by atoms with E-state index in [4.69, 9.17) is 10.5 Å². The van der Waals surface area contributed by atoms with Crippen molar-refractivity contribution in [2.75, 3.05) is 12.3 Å². The molecule has 96 valence electrons. The molecule has 2 aromatic heterocycles. The fourth-order valence-corrected chi connectivity index (χ4v) is 1.96. The summed E-state index contributed by atoms with van der Waals surface area (Å²) in [5.41, 5.74) is 5.29. The first kappa shape index (κ1) is 11.1. The lowest BCUT2D eigenvalue weighted by Crippen LogP contribution is -2.28. The first-order valence-electron chi connectivity index (χ1n) is 5.28. The number of nitrogens with one attached hydrogen (secondary N) is 1. The highest BCUT2D eigenvalue weighted by Gasteiger charge is 2.36. The minimum absolute atomic E-state index is 0.00415. The maximum atomic E-state index is 11.6. The highest BCUT2D eigenvalue weighted by molar-refractivity contribution is 5.70. The van der Waals surface area contributed by atoms with Crippen LogP contribution >= 0.6 is 0 Å². The number of nitrogens with zero attached hydrogens (tertiary/aromatic N) is 3. The largest absolute Gasteiger partial charge is 0.388 e. The number of ether oxygens (including phenoxy) is 1. The molecule has 2 aromatic rings. The topological polar surface area (TPSA) is 139 Å². The fourth-order valence-electron chi connectivity index (χ4n) is 1.96. The third kappa shape index (κ3) is 1.49. The molecule has 0 amide bonds. The minimum Gasteiger partial charge on any atom is -0.388 e. The van der Waals surface area contributed by atoms with E-state index in [1.807, 2.05) is 0 Å². The van der Waals surface area contributed by atoms with Gasteiger partial charge in [-0.15, -0.1) is 0 Å². The van der Waals surface area contributed by atoms with Gasteiger partial charge in [-0.05, 0) is 0 Å². The number of hydrogen-bond donors (Lipinski definition) is 4. The van der Waals surface area contributed by atoms with Gasteiger partial charge in [0.2, 0.25) is 5.95 Å². The third-order valence-corrected chi connectivity index (χ3v) is 2.85. The van der Waals surface area contributed by atoms with Crippen molar-refractivity contribution in [3.63, 3.8) is 0 Å². The molecule has 0 aliphatic carbocycles. The van der Waals surface area contributed by atoms with Gasteiger partial charge in [-0.25, -0.2) is 4.98 Å². The van der Waals surface area contributed by atoms with Crippen LogP contribution < -0.4 is 11.3 Å². The number of rotatable bonds is 1. The summed E-state index contributed by atoms with van der Waals surface area (Å²) in [5, 5.41) is 19.2. The van der Waals surface area contributed by atoms with Crippen molar-refractivity contribution < 1.29 is 14.9 Å². The molecule has 5 N–H and O–H groups in total. The standard InChI is InChI=1S/C9H11N5O4/c10-9-12-6-4(7(17)13-9)11-2-14(6)8-5(16)3(15)1-18-8/h2-3,5,8,15-16H,1H2,(H3,10,12,13,17). The Morgan fingerprint density at radius 1 is 1.56 bits per heavy atom. The SMILES string of the molecule is Nc1nc2c(ncn2C2OCC(O)C2O)c(=O)[nH]1. The van der Waals surface area contributed by atoms with Gasteiger partial charge >= 0.3 is 0 Å². The van der Waals surface area contributed by atoms with Gasteiger partial charge in [0.25, 0.3) is 5.56 Å². The van der Waals surface area contributed by atoms with E-state index in [9.17, 15) is 15.0 Å². The zero-order chi connectivity index (χ0) is 12.9. The first-order chi connectivity index (χ1) is 8.58. The third-order valence-electron chi connectivity index (χ3n) is 2.85. The van der Waals surface area contributed by atoms with Gasteiger partial charge in [0.05, 0.1) is 12.9 Å². The molecule has 0 aromatic carbocycles. The van der Waals surface area contributed by atoms with Crippen LogP contribution in [0.15, 0.2) is 11.1 Å². The van der Waals surface area contributed by atoms with Crippen molar-refractivity contribution in [2.45, 2.75) is 18.4 Å². The summed E-state index contributed by atoms with van der Waals surface area (Å²) in [5.74, 6) is -0.0534. The van der Waals surface area contributed by atoms with E-state index in [1.165, 1.54) is 10.9 Å². The quantitative estimate of drug-likeness (QED) is 0.458. The average Bonchev–Trinajstić information content (AvgIpc) is 2.85. The zero-order valence-electron chi connectivity index (χ0n) is 9.15. The molecular formula is C9H11N5O4. The van der Waals surface area contributed by atoms with Gasteiger partial charge < -0.3 is 20.7 Å². The number of anilines is 1. The molecule has 1 aliphatic rings. The summed E-state index contributed by atoms with van der Waals surface area (Å²) in [6.07, 6.45) is -1.60. The average molecular weight is 253 g/mol. The maximum absolute atomic E-state index is 11.6. The van der Waals surface area contributed by atoms with E-state index in [0.717, 1.165) is 0 Å². The molecular weight excluding hydrogens is 242 g/mol. The van der Waals surface area contributed by atoms with Gasteiger partial charge in [-0.3, -0.25) is 14.3 Å². The summed E-state index contributed by atoms with van der Waals surface area (Å²) in [6.45, 7) is 0.00415. The zero-order valence-corrected chi connectivity index (χ0v) is 9.15. The van der Waals surface area contributed by atoms with Crippen molar-refractivity contribution in [2.24, 2.45) is 0 Å². The lowest BCUT2D eigenvalue weighted by molar-refractivity contribution is -0.0162.